The predicted molar refractivity (Wildman–Crippen MR) is 99.0 cm³/mol. The van der Waals surface area contributed by atoms with Crippen molar-refractivity contribution < 1.29 is 32.2 Å². The molecule has 9 heteroatoms. The molecule has 0 bridgehead atoms. The Morgan fingerprint density at radius 2 is 1.86 bits per heavy atom. The van der Waals surface area contributed by atoms with Crippen molar-refractivity contribution in [2.24, 2.45) is 0 Å². The molecule has 0 aromatic heterocycles. The van der Waals surface area contributed by atoms with Crippen LogP contribution in [-0.2, 0) is 6.54 Å². The minimum Gasteiger partial charge on any atom is -0.484 e. The van der Waals surface area contributed by atoms with Crippen LogP contribution in [0.15, 0.2) is 42.5 Å². The highest BCUT2D eigenvalue weighted by atomic mass is 19.4. The van der Waals surface area contributed by atoms with Gasteiger partial charge in [-0.2, -0.15) is 13.2 Å². The summed E-state index contributed by atoms with van der Waals surface area (Å²) in [6.45, 7) is 1.01. The van der Waals surface area contributed by atoms with E-state index < -0.39 is 12.8 Å². The highest BCUT2D eigenvalue weighted by Gasteiger charge is 2.28. The number of nitrogens with zero attached hydrogens (tertiary/aromatic N) is 1. The predicted octanol–water partition coefficient (Wildman–Crippen LogP) is 4.26. The van der Waals surface area contributed by atoms with Gasteiger partial charge in [0.15, 0.2) is 18.1 Å². The van der Waals surface area contributed by atoms with Gasteiger partial charge in [0.1, 0.15) is 5.75 Å². The summed E-state index contributed by atoms with van der Waals surface area (Å²) in [6.07, 6.45) is -4.39. The maximum atomic E-state index is 12.5. The van der Waals surface area contributed by atoms with Gasteiger partial charge in [-0.15, -0.1) is 0 Å². The number of halogens is 3. The Kier molecular flexibility index (Phi) is 6.05. The Morgan fingerprint density at radius 1 is 1.17 bits per heavy atom. The van der Waals surface area contributed by atoms with Crippen molar-refractivity contribution in [2.45, 2.75) is 25.7 Å². The SMILES string of the molecule is CC(NC(=O)N(C)Cc1ccc2c(c1)OCO2)c1ccc(OCC(F)(F)F)cc1. The van der Waals surface area contributed by atoms with Gasteiger partial charge in [0.25, 0.3) is 0 Å². The molecular formula is C20H21F3N2O4. The molecule has 0 saturated carbocycles. The number of urea groups is 1. The number of fused-ring (bicyclic) bond motifs is 1. The van der Waals surface area contributed by atoms with Gasteiger partial charge in [-0.05, 0) is 42.3 Å². The molecule has 1 aliphatic heterocycles. The lowest BCUT2D eigenvalue weighted by molar-refractivity contribution is -0.153. The molecule has 1 N–H and O–H groups in total. The maximum absolute atomic E-state index is 12.5. The van der Waals surface area contributed by atoms with Crippen LogP contribution in [0.3, 0.4) is 0 Å². The number of ether oxygens (including phenoxy) is 3. The molecule has 156 valence electrons. The number of benzene rings is 2. The second-order valence-electron chi connectivity index (χ2n) is 6.69. The third-order valence-corrected chi connectivity index (χ3v) is 4.33. The molecular weight excluding hydrogens is 389 g/mol. The van der Waals surface area contributed by atoms with Crippen molar-refractivity contribution in [1.82, 2.24) is 10.2 Å². The maximum Gasteiger partial charge on any atom is 0.422 e. The topological polar surface area (TPSA) is 60.0 Å². The number of carbonyl (C=O) groups excluding carboxylic acids is 1. The molecule has 1 aliphatic rings. The van der Waals surface area contributed by atoms with Gasteiger partial charge in [0.05, 0.1) is 6.04 Å². The highest BCUT2D eigenvalue weighted by Crippen LogP contribution is 2.32. The average molecular weight is 410 g/mol. The van der Waals surface area contributed by atoms with Crippen LogP contribution in [0.2, 0.25) is 0 Å². The summed E-state index contributed by atoms with van der Waals surface area (Å²) in [5, 5.41) is 2.85. The first-order valence-corrected chi connectivity index (χ1v) is 8.91. The van der Waals surface area contributed by atoms with Crippen LogP contribution in [0.1, 0.15) is 24.1 Å². The van der Waals surface area contributed by atoms with E-state index in [9.17, 15) is 18.0 Å². The molecule has 3 rings (SSSR count). The van der Waals surface area contributed by atoms with Crippen LogP contribution in [0, 0.1) is 0 Å². The van der Waals surface area contributed by atoms with Gasteiger partial charge in [-0.1, -0.05) is 18.2 Å². The van der Waals surface area contributed by atoms with Crippen LogP contribution < -0.4 is 19.5 Å². The van der Waals surface area contributed by atoms with Crippen LogP contribution in [0.5, 0.6) is 17.2 Å². The zero-order valence-electron chi connectivity index (χ0n) is 16.0. The van der Waals surface area contributed by atoms with E-state index in [0.717, 1.165) is 11.1 Å². The van der Waals surface area contributed by atoms with Crippen molar-refractivity contribution in [3.8, 4) is 17.2 Å². The molecule has 1 atom stereocenters. The van der Waals surface area contributed by atoms with Gasteiger partial charge in [0.2, 0.25) is 6.79 Å². The molecule has 6 nitrogen and oxygen atoms in total. The number of hydrogen-bond acceptors (Lipinski definition) is 4. The summed E-state index contributed by atoms with van der Waals surface area (Å²) in [5.41, 5.74) is 1.64. The highest BCUT2D eigenvalue weighted by molar-refractivity contribution is 5.74. The monoisotopic (exact) mass is 410 g/mol. The standard InChI is InChI=1S/C20H21F3N2O4/c1-13(15-4-6-16(7-5-15)27-11-20(21,22)23)24-19(26)25(2)10-14-3-8-17-18(9-14)29-12-28-17/h3-9,13H,10-12H2,1-2H3,(H,24,26). The zero-order valence-corrected chi connectivity index (χ0v) is 16.0. The molecule has 1 heterocycles. The summed E-state index contributed by atoms with van der Waals surface area (Å²) in [5.74, 6) is 1.44. The summed E-state index contributed by atoms with van der Waals surface area (Å²) in [7, 11) is 1.67. The fourth-order valence-corrected chi connectivity index (χ4v) is 2.78. The number of alkyl halides is 3. The van der Waals surface area contributed by atoms with Crippen molar-refractivity contribution in [1.29, 1.82) is 0 Å². The van der Waals surface area contributed by atoms with E-state index in [2.05, 4.69) is 10.1 Å². The van der Waals surface area contributed by atoms with E-state index in [1.165, 1.54) is 17.0 Å². The van der Waals surface area contributed by atoms with Crippen molar-refractivity contribution >= 4 is 6.03 Å². The van der Waals surface area contributed by atoms with Crippen LogP contribution >= 0.6 is 0 Å². The molecule has 0 radical (unpaired) electrons. The minimum atomic E-state index is -4.39. The average Bonchev–Trinajstić information content (AvgIpc) is 3.14. The lowest BCUT2D eigenvalue weighted by Gasteiger charge is -2.22. The molecule has 0 aliphatic carbocycles. The molecule has 2 aromatic carbocycles. The van der Waals surface area contributed by atoms with Gasteiger partial charge >= 0.3 is 12.2 Å². The van der Waals surface area contributed by atoms with Gasteiger partial charge < -0.3 is 24.4 Å². The molecule has 29 heavy (non-hydrogen) atoms. The molecule has 1 unspecified atom stereocenters. The summed E-state index contributed by atoms with van der Waals surface area (Å²) in [6, 6.07) is 11.0. The van der Waals surface area contributed by atoms with E-state index in [-0.39, 0.29) is 24.6 Å². The van der Waals surface area contributed by atoms with E-state index in [0.29, 0.717) is 18.0 Å². The Bertz CT molecular complexity index is 856. The number of carbonyl (C=O) groups is 1. The Balaban J connectivity index is 1.52. The lowest BCUT2D eigenvalue weighted by atomic mass is 10.1. The molecule has 2 amide bonds. The van der Waals surface area contributed by atoms with Crippen molar-refractivity contribution in [3.63, 3.8) is 0 Å². The first-order chi connectivity index (χ1) is 13.7. The zero-order chi connectivity index (χ0) is 21.0. The number of rotatable bonds is 6. The second kappa shape index (κ2) is 8.50. The third kappa shape index (κ3) is 5.69. The van der Waals surface area contributed by atoms with Crippen molar-refractivity contribution in [3.05, 3.63) is 53.6 Å². The van der Waals surface area contributed by atoms with Gasteiger partial charge in [0, 0.05) is 13.6 Å². The first kappa shape index (κ1) is 20.6. The second-order valence-corrected chi connectivity index (χ2v) is 6.69. The van der Waals surface area contributed by atoms with E-state index in [1.807, 2.05) is 12.1 Å². The Hall–Kier alpha value is -3.10. The molecule has 2 aromatic rings. The van der Waals surface area contributed by atoms with Crippen LogP contribution in [-0.4, -0.2) is 37.6 Å². The summed E-state index contributed by atoms with van der Waals surface area (Å²) in [4.78, 5) is 14.0. The van der Waals surface area contributed by atoms with E-state index in [1.54, 1.807) is 32.2 Å². The summed E-state index contributed by atoms with van der Waals surface area (Å²) >= 11 is 0. The number of hydrogen-bond donors (Lipinski definition) is 1. The fourth-order valence-electron chi connectivity index (χ4n) is 2.78. The summed E-state index contributed by atoms with van der Waals surface area (Å²) < 4.78 is 51.9. The van der Waals surface area contributed by atoms with Crippen LogP contribution in [0.25, 0.3) is 0 Å². The van der Waals surface area contributed by atoms with Crippen LogP contribution in [0.4, 0.5) is 18.0 Å². The number of nitrogens with one attached hydrogen (secondary N) is 1. The minimum absolute atomic E-state index is 0.115. The quantitative estimate of drug-likeness (QED) is 0.773. The van der Waals surface area contributed by atoms with E-state index >= 15 is 0 Å². The molecule has 0 fully saturated rings. The smallest absolute Gasteiger partial charge is 0.422 e. The largest absolute Gasteiger partial charge is 0.484 e. The lowest BCUT2D eigenvalue weighted by Crippen LogP contribution is -2.38. The first-order valence-electron chi connectivity index (χ1n) is 8.91. The van der Waals surface area contributed by atoms with Gasteiger partial charge in [-0.25, -0.2) is 4.79 Å². The van der Waals surface area contributed by atoms with Crippen molar-refractivity contribution in [2.75, 3.05) is 20.4 Å². The Labute approximate surface area is 166 Å². The fraction of sp³-hybridized carbons (Fsp3) is 0.350. The van der Waals surface area contributed by atoms with E-state index in [4.69, 9.17) is 9.47 Å². The Morgan fingerprint density at radius 3 is 2.55 bits per heavy atom. The third-order valence-electron chi connectivity index (χ3n) is 4.33. The normalized spacial score (nSPS) is 13.7. The molecule has 0 spiro atoms. The van der Waals surface area contributed by atoms with Gasteiger partial charge in [-0.3, -0.25) is 0 Å². The number of amides is 2. The molecule has 0 saturated heterocycles.